The van der Waals surface area contributed by atoms with Crippen LogP contribution in [0.3, 0.4) is 0 Å². The Morgan fingerprint density at radius 1 is 1.30 bits per heavy atom. The number of carboxylic acids is 1. The molecule has 37 heavy (non-hydrogen) atoms. The van der Waals surface area contributed by atoms with Crippen LogP contribution < -0.4 is 5.32 Å². The van der Waals surface area contributed by atoms with Crippen molar-refractivity contribution >= 4 is 61.6 Å². The van der Waals surface area contributed by atoms with Gasteiger partial charge in [-0.2, -0.15) is 10.4 Å². The van der Waals surface area contributed by atoms with Gasteiger partial charge in [-0.15, -0.1) is 22.7 Å². The summed E-state index contributed by atoms with van der Waals surface area (Å²) in [6.45, 7) is 1.73. The third kappa shape index (κ3) is 4.56. The van der Waals surface area contributed by atoms with Crippen LogP contribution in [0.4, 0.5) is 10.6 Å². The fourth-order valence-corrected chi connectivity index (χ4v) is 6.93. The summed E-state index contributed by atoms with van der Waals surface area (Å²) in [5, 5.41) is 26.8. The molecular formula is C26H19ClN4O4S2. The molecule has 1 aliphatic rings. The third-order valence-corrected chi connectivity index (χ3v) is 9.06. The maximum Gasteiger partial charge on any atom is 0.413 e. The maximum atomic E-state index is 12.6. The number of aryl methyl sites for hydroxylation is 1. The number of carbonyl (C=O) groups is 2. The van der Waals surface area contributed by atoms with E-state index in [-0.39, 0.29) is 0 Å². The zero-order valence-electron chi connectivity index (χ0n) is 19.7. The SMILES string of the molecule is CC(OC(=O)Nc1c(C#Cc2cc3sc(C4(C(=O)O)CC4)c(C#N)c3s2)cnn1C)c1ccccc1Cl. The van der Waals surface area contributed by atoms with Crippen LogP contribution in [0.15, 0.2) is 36.5 Å². The molecule has 0 spiro atoms. The van der Waals surface area contributed by atoms with E-state index in [1.807, 2.05) is 12.1 Å². The summed E-state index contributed by atoms with van der Waals surface area (Å²) in [4.78, 5) is 25.7. The summed E-state index contributed by atoms with van der Waals surface area (Å²) < 4.78 is 8.57. The number of nitrogens with one attached hydrogen (secondary N) is 1. The largest absolute Gasteiger partial charge is 0.481 e. The maximum absolute atomic E-state index is 12.6. The van der Waals surface area contributed by atoms with Gasteiger partial charge in [-0.1, -0.05) is 41.6 Å². The van der Waals surface area contributed by atoms with Crippen LogP contribution in [0.2, 0.25) is 5.02 Å². The van der Waals surface area contributed by atoms with Gasteiger partial charge in [0.05, 0.1) is 26.9 Å². The van der Waals surface area contributed by atoms with Gasteiger partial charge >= 0.3 is 12.1 Å². The lowest BCUT2D eigenvalue weighted by molar-refractivity contribution is -0.139. The van der Waals surface area contributed by atoms with Crippen molar-refractivity contribution in [3.63, 3.8) is 0 Å². The third-order valence-electron chi connectivity index (χ3n) is 6.18. The molecule has 3 aromatic heterocycles. The molecule has 1 unspecified atom stereocenters. The Hall–Kier alpha value is -3.83. The molecule has 0 saturated heterocycles. The first kappa shape index (κ1) is 24.8. The van der Waals surface area contributed by atoms with Crippen LogP contribution in [0.1, 0.15) is 52.3 Å². The number of ether oxygens (including phenoxy) is 1. The lowest BCUT2D eigenvalue weighted by atomic mass is 10.0. The number of halogens is 1. The molecule has 11 heteroatoms. The van der Waals surface area contributed by atoms with Crippen molar-refractivity contribution in [1.29, 1.82) is 5.26 Å². The quantitative estimate of drug-likeness (QED) is 0.292. The monoisotopic (exact) mass is 550 g/mol. The molecule has 8 nitrogen and oxygen atoms in total. The molecule has 1 amide bonds. The Balaban J connectivity index is 1.36. The van der Waals surface area contributed by atoms with E-state index in [9.17, 15) is 20.0 Å². The van der Waals surface area contributed by atoms with Gasteiger partial charge in [-0.05, 0) is 31.9 Å². The second-order valence-corrected chi connectivity index (χ2v) is 11.1. The molecule has 1 aliphatic carbocycles. The molecule has 1 saturated carbocycles. The molecule has 5 rings (SSSR count). The Morgan fingerprint density at radius 2 is 2.05 bits per heavy atom. The van der Waals surface area contributed by atoms with E-state index >= 15 is 0 Å². The summed E-state index contributed by atoms with van der Waals surface area (Å²) in [5.74, 6) is 5.59. The number of aromatic nitrogens is 2. The van der Waals surface area contributed by atoms with E-state index in [1.54, 1.807) is 38.4 Å². The smallest absolute Gasteiger partial charge is 0.413 e. The minimum atomic E-state index is -0.922. The number of aliphatic carboxylic acids is 1. The van der Waals surface area contributed by atoms with Crippen LogP contribution in [-0.2, 0) is 22.0 Å². The predicted molar refractivity (Wildman–Crippen MR) is 142 cm³/mol. The van der Waals surface area contributed by atoms with Gasteiger partial charge in [0.1, 0.15) is 23.4 Å². The number of anilines is 1. The number of fused-ring (bicyclic) bond motifs is 1. The number of thiophene rings is 2. The second-order valence-electron chi connectivity index (χ2n) is 8.58. The van der Waals surface area contributed by atoms with Gasteiger partial charge in [-0.25, -0.2) is 4.79 Å². The number of carbonyl (C=O) groups excluding carboxylic acids is 1. The number of rotatable bonds is 5. The van der Waals surface area contributed by atoms with Gasteiger partial charge in [0, 0.05) is 27.2 Å². The minimum absolute atomic E-state index is 0.374. The van der Waals surface area contributed by atoms with Gasteiger partial charge in [0.15, 0.2) is 0 Å². The molecule has 1 aromatic carbocycles. The van der Waals surface area contributed by atoms with Crippen molar-refractivity contribution < 1.29 is 19.4 Å². The van der Waals surface area contributed by atoms with Gasteiger partial charge in [0.2, 0.25) is 0 Å². The number of hydrogen-bond donors (Lipinski definition) is 2. The summed E-state index contributed by atoms with van der Waals surface area (Å²) in [6, 6.07) is 11.2. The normalized spacial score (nSPS) is 14.3. The summed E-state index contributed by atoms with van der Waals surface area (Å²) >= 11 is 8.89. The van der Waals surface area contributed by atoms with E-state index in [0.717, 1.165) is 9.40 Å². The number of nitriles is 1. The second kappa shape index (κ2) is 9.56. The first-order valence-electron chi connectivity index (χ1n) is 11.2. The van der Waals surface area contributed by atoms with Crippen LogP contribution >= 0.6 is 34.3 Å². The van der Waals surface area contributed by atoms with Crippen LogP contribution in [0, 0.1) is 23.2 Å². The lowest BCUT2D eigenvalue weighted by Gasteiger charge is -2.15. The van der Waals surface area contributed by atoms with Crippen molar-refractivity contribution in [3.8, 4) is 17.9 Å². The molecule has 3 heterocycles. The molecule has 0 aliphatic heterocycles. The topological polar surface area (TPSA) is 117 Å². The van der Waals surface area contributed by atoms with Crippen LogP contribution in [0.25, 0.3) is 9.40 Å². The molecule has 0 radical (unpaired) electrons. The van der Waals surface area contributed by atoms with E-state index in [1.165, 1.54) is 27.4 Å². The fourth-order valence-electron chi connectivity index (χ4n) is 4.01. The molecule has 4 aromatic rings. The average molecular weight is 551 g/mol. The van der Waals surface area contributed by atoms with E-state index in [2.05, 4.69) is 28.3 Å². The van der Waals surface area contributed by atoms with E-state index < -0.39 is 23.6 Å². The number of amides is 1. The molecule has 2 N–H and O–H groups in total. The number of benzene rings is 1. The number of carboxylic acid groups (broad SMARTS) is 1. The molecule has 1 fully saturated rings. The van der Waals surface area contributed by atoms with Gasteiger partial charge in [-0.3, -0.25) is 14.8 Å². The Morgan fingerprint density at radius 3 is 2.73 bits per heavy atom. The van der Waals surface area contributed by atoms with Crippen molar-refractivity contribution in [1.82, 2.24) is 9.78 Å². The molecule has 186 valence electrons. The predicted octanol–water partition coefficient (Wildman–Crippen LogP) is 6.05. The van der Waals surface area contributed by atoms with Crippen molar-refractivity contribution in [2.45, 2.75) is 31.3 Å². The Bertz CT molecular complexity index is 1660. The van der Waals surface area contributed by atoms with Crippen molar-refractivity contribution in [2.24, 2.45) is 7.05 Å². The molecular weight excluding hydrogens is 532 g/mol. The number of nitrogens with zero attached hydrogens (tertiary/aromatic N) is 3. The zero-order valence-corrected chi connectivity index (χ0v) is 22.1. The lowest BCUT2D eigenvalue weighted by Crippen LogP contribution is -2.19. The molecule has 0 bridgehead atoms. The first-order chi connectivity index (χ1) is 17.7. The highest BCUT2D eigenvalue weighted by Gasteiger charge is 2.54. The van der Waals surface area contributed by atoms with E-state index in [0.29, 0.717) is 50.1 Å². The summed E-state index contributed by atoms with van der Waals surface area (Å²) in [6.07, 6.45) is 1.40. The van der Waals surface area contributed by atoms with Crippen LogP contribution in [0.5, 0.6) is 0 Å². The summed E-state index contributed by atoms with van der Waals surface area (Å²) in [5.41, 5.74) is 0.690. The van der Waals surface area contributed by atoms with Crippen molar-refractivity contribution in [3.05, 3.63) is 68.0 Å². The Labute approximate surface area is 225 Å². The highest BCUT2D eigenvalue weighted by atomic mass is 35.5. The standard InChI is InChI=1S/C26H19ClN4O4S2/c1-14(17-5-3-4-6-19(17)27)35-25(34)30-23-15(13-29-31(23)2)7-8-16-11-20-21(36-16)18(12-28)22(37-20)26(9-10-26)24(32)33/h3-6,11,13-14H,9-10H2,1-2H3,(H,30,34)(H,32,33). The highest BCUT2D eigenvalue weighted by molar-refractivity contribution is 7.28. The van der Waals surface area contributed by atoms with Gasteiger partial charge < -0.3 is 9.84 Å². The zero-order chi connectivity index (χ0) is 26.3. The van der Waals surface area contributed by atoms with Gasteiger partial charge in [0.25, 0.3) is 0 Å². The first-order valence-corrected chi connectivity index (χ1v) is 13.2. The average Bonchev–Trinajstić information content (AvgIpc) is 3.33. The van der Waals surface area contributed by atoms with E-state index in [4.69, 9.17) is 16.3 Å². The van der Waals surface area contributed by atoms with Crippen LogP contribution in [-0.4, -0.2) is 26.9 Å². The molecule has 1 atom stereocenters. The van der Waals surface area contributed by atoms with Crippen molar-refractivity contribution in [2.75, 3.05) is 5.32 Å². The highest BCUT2D eigenvalue weighted by Crippen LogP contribution is 2.54. The fraction of sp³-hybridized carbons (Fsp3) is 0.231. The Kier molecular flexibility index (Phi) is 6.42. The minimum Gasteiger partial charge on any atom is -0.481 e. The number of hydrogen-bond acceptors (Lipinski definition) is 7. The summed E-state index contributed by atoms with van der Waals surface area (Å²) in [7, 11) is 1.68.